The molecule has 152 valence electrons. The number of fused-ring (bicyclic) bond motifs is 3. The zero-order valence-corrected chi connectivity index (χ0v) is 18.3. The molecule has 9 heteroatoms. The molecule has 0 radical (unpaired) electrons. The predicted molar refractivity (Wildman–Crippen MR) is 116 cm³/mol. The van der Waals surface area contributed by atoms with Gasteiger partial charge in [0.05, 0.1) is 6.54 Å². The van der Waals surface area contributed by atoms with Crippen molar-refractivity contribution in [1.29, 1.82) is 0 Å². The van der Waals surface area contributed by atoms with Crippen LogP contribution in [0.25, 0.3) is 16.9 Å². The van der Waals surface area contributed by atoms with Crippen molar-refractivity contribution in [2.75, 3.05) is 0 Å². The fourth-order valence-corrected chi connectivity index (χ4v) is 4.39. The topological polar surface area (TPSA) is 66.2 Å². The van der Waals surface area contributed by atoms with Crippen LogP contribution in [0, 0.1) is 13.8 Å². The molecule has 3 heterocycles. The van der Waals surface area contributed by atoms with Crippen molar-refractivity contribution in [2.24, 2.45) is 7.05 Å². The van der Waals surface area contributed by atoms with Crippen LogP contribution in [0.3, 0.4) is 0 Å². The van der Waals surface area contributed by atoms with Gasteiger partial charge >= 0.3 is 5.69 Å². The highest BCUT2D eigenvalue weighted by Crippen LogP contribution is 2.26. The molecule has 0 aliphatic heterocycles. The van der Waals surface area contributed by atoms with Gasteiger partial charge in [-0.2, -0.15) is 4.98 Å². The van der Waals surface area contributed by atoms with E-state index < -0.39 is 11.2 Å². The number of nitrogens with zero attached hydrogens (tertiary/aromatic N) is 5. The average Bonchev–Trinajstić information content (AvgIpc) is 3.15. The third-order valence-electron chi connectivity index (χ3n) is 5.45. The van der Waals surface area contributed by atoms with Crippen LogP contribution in [0.15, 0.2) is 27.8 Å². The molecular formula is C20H21Cl2N5O2. The lowest BCUT2D eigenvalue weighted by atomic mass is 10.2. The number of hydrogen-bond acceptors (Lipinski definition) is 3. The maximum absolute atomic E-state index is 13.4. The van der Waals surface area contributed by atoms with Gasteiger partial charge in [0.15, 0.2) is 11.2 Å². The van der Waals surface area contributed by atoms with Gasteiger partial charge in [-0.1, -0.05) is 29.3 Å². The number of hydrogen-bond donors (Lipinski definition) is 0. The van der Waals surface area contributed by atoms with Gasteiger partial charge in [-0.15, -0.1) is 0 Å². The molecule has 1 aromatic carbocycles. The van der Waals surface area contributed by atoms with Gasteiger partial charge in [-0.3, -0.25) is 18.3 Å². The van der Waals surface area contributed by atoms with Crippen LogP contribution in [-0.4, -0.2) is 23.1 Å². The molecule has 0 fully saturated rings. The van der Waals surface area contributed by atoms with E-state index in [4.69, 9.17) is 23.2 Å². The Balaban J connectivity index is 2.11. The van der Waals surface area contributed by atoms with Crippen LogP contribution < -0.4 is 11.2 Å². The van der Waals surface area contributed by atoms with Gasteiger partial charge in [-0.25, -0.2) is 4.79 Å². The summed E-state index contributed by atoms with van der Waals surface area (Å²) in [7, 11) is 1.61. The van der Waals surface area contributed by atoms with E-state index in [1.165, 1.54) is 4.57 Å². The molecule has 0 saturated carbocycles. The van der Waals surface area contributed by atoms with Gasteiger partial charge in [0.25, 0.3) is 5.56 Å². The highest BCUT2D eigenvalue weighted by Gasteiger charge is 2.24. The largest absolute Gasteiger partial charge is 0.332 e. The third kappa shape index (κ3) is 2.75. The van der Waals surface area contributed by atoms with E-state index in [2.05, 4.69) is 23.4 Å². The third-order valence-corrected chi connectivity index (χ3v) is 6.16. The molecule has 0 aliphatic rings. The Bertz CT molecular complexity index is 1380. The Labute approximate surface area is 176 Å². The van der Waals surface area contributed by atoms with E-state index in [0.717, 1.165) is 16.0 Å². The van der Waals surface area contributed by atoms with Crippen molar-refractivity contribution in [2.45, 2.75) is 40.3 Å². The van der Waals surface area contributed by atoms with Crippen LogP contribution in [0.5, 0.6) is 0 Å². The number of aromatic nitrogens is 5. The minimum Gasteiger partial charge on any atom is -0.311 e. The zero-order chi connectivity index (χ0) is 21.2. The van der Waals surface area contributed by atoms with Crippen molar-refractivity contribution in [3.05, 3.63) is 66.0 Å². The van der Waals surface area contributed by atoms with Crippen molar-refractivity contribution in [3.63, 3.8) is 0 Å². The van der Waals surface area contributed by atoms with Gasteiger partial charge in [-0.05, 0) is 39.8 Å². The Morgan fingerprint density at radius 1 is 1.07 bits per heavy atom. The Morgan fingerprint density at radius 3 is 2.28 bits per heavy atom. The second-order valence-electron chi connectivity index (χ2n) is 7.49. The van der Waals surface area contributed by atoms with E-state index in [-0.39, 0.29) is 12.6 Å². The molecule has 0 unspecified atom stereocenters. The quantitative estimate of drug-likeness (QED) is 0.494. The van der Waals surface area contributed by atoms with Crippen LogP contribution >= 0.6 is 23.2 Å². The van der Waals surface area contributed by atoms with Gasteiger partial charge < -0.3 is 4.57 Å². The molecule has 0 saturated heterocycles. The van der Waals surface area contributed by atoms with E-state index in [1.807, 2.05) is 18.2 Å². The summed E-state index contributed by atoms with van der Waals surface area (Å²) in [6.07, 6.45) is 0. The van der Waals surface area contributed by atoms with Gasteiger partial charge in [0.1, 0.15) is 0 Å². The summed E-state index contributed by atoms with van der Waals surface area (Å²) in [6, 6.07) is 5.25. The normalized spacial score (nSPS) is 12.0. The Morgan fingerprint density at radius 2 is 1.69 bits per heavy atom. The first-order valence-corrected chi connectivity index (χ1v) is 10.0. The SMILES string of the molecule is Cc1c(C)n2c3c(=O)n(Cc4c(Cl)cccc4Cl)c(=O)n(C)c3nc2n1C(C)C. The monoisotopic (exact) mass is 433 g/mol. The number of imidazole rings is 2. The molecule has 0 atom stereocenters. The summed E-state index contributed by atoms with van der Waals surface area (Å²) < 4.78 is 6.45. The second kappa shape index (κ2) is 6.78. The second-order valence-corrected chi connectivity index (χ2v) is 8.30. The molecule has 0 spiro atoms. The van der Waals surface area contributed by atoms with Gasteiger partial charge in [0.2, 0.25) is 5.78 Å². The van der Waals surface area contributed by atoms with Crippen molar-refractivity contribution < 1.29 is 0 Å². The first kappa shape index (κ1) is 19.8. The highest BCUT2D eigenvalue weighted by atomic mass is 35.5. The maximum Gasteiger partial charge on any atom is 0.332 e. The number of rotatable bonds is 3. The number of benzene rings is 1. The highest BCUT2D eigenvalue weighted by molar-refractivity contribution is 6.35. The van der Waals surface area contributed by atoms with Crippen molar-refractivity contribution in [3.8, 4) is 0 Å². The minimum atomic E-state index is -0.468. The predicted octanol–water partition coefficient (Wildman–Crippen LogP) is 3.70. The molecule has 0 amide bonds. The average molecular weight is 434 g/mol. The summed E-state index contributed by atoms with van der Waals surface area (Å²) >= 11 is 12.5. The summed E-state index contributed by atoms with van der Waals surface area (Å²) in [5.41, 5.74) is 2.30. The molecule has 7 nitrogen and oxygen atoms in total. The molecule has 3 aromatic heterocycles. The summed E-state index contributed by atoms with van der Waals surface area (Å²) in [4.78, 5) is 31.1. The lowest BCUT2D eigenvalue weighted by Gasteiger charge is -2.11. The van der Waals surface area contributed by atoms with Crippen molar-refractivity contribution >= 4 is 40.1 Å². The Hall–Kier alpha value is -2.51. The Kier molecular flexibility index (Phi) is 4.63. The van der Waals surface area contributed by atoms with Crippen LogP contribution in [0.4, 0.5) is 0 Å². The standard InChI is InChI=1S/C20H21Cl2N5O2/c1-10(2)26-11(3)12(4)27-16-17(23-19(26)27)24(5)20(29)25(18(16)28)9-13-14(21)7-6-8-15(13)22/h6-8,10H,9H2,1-5H3. The number of aryl methyl sites for hydroxylation is 2. The summed E-state index contributed by atoms with van der Waals surface area (Å²) in [5, 5.41) is 0.811. The van der Waals surface area contributed by atoms with E-state index in [1.54, 1.807) is 25.2 Å². The molecular weight excluding hydrogens is 413 g/mol. The van der Waals surface area contributed by atoms with Crippen LogP contribution in [-0.2, 0) is 13.6 Å². The first-order valence-electron chi connectivity index (χ1n) is 9.27. The lowest BCUT2D eigenvalue weighted by Crippen LogP contribution is -2.39. The van der Waals surface area contributed by atoms with Crippen molar-refractivity contribution in [1.82, 2.24) is 23.1 Å². The van der Waals surface area contributed by atoms with Crippen LogP contribution in [0.1, 0.15) is 36.8 Å². The van der Waals surface area contributed by atoms with E-state index >= 15 is 0 Å². The van der Waals surface area contributed by atoms with Crippen LogP contribution in [0.2, 0.25) is 10.0 Å². The van der Waals surface area contributed by atoms with E-state index in [0.29, 0.717) is 32.6 Å². The summed E-state index contributed by atoms with van der Waals surface area (Å²) in [6.45, 7) is 8.04. The molecule has 4 rings (SSSR count). The summed E-state index contributed by atoms with van der Waals surface area (Å²) in [5.74, 6) is 0.644. The molecule has 4 aromatic rings. The number of halogens is 2. The zero-order valence-electron chi connectivity index (χ0n) is 16.8. The smallest absolute Gasteiger partial charge is 0.311 e. The molecule has 0 N–H and O–H groups in total. The first-order chi connectivity index (χ1) is 13.6. The fraction of sp³-hybridized carbons (Fsp3) is 0.350. The molecule has 0 bridgehead atoms. The minimum absolute atomic E-state index is 0.0178. The van der Waals surface area contributed by atoms with E-state index in [9.17, 15) is 9.59 Å². The van der Waals surface area contributed by atoms with Gasteiger partial charge in [0, 0.05) is 40.1 Å². The molecule has 29 heavy (non-hydrogen) atoms. The fourth-order valence-electron chi connectivity index (χ4n) is 3.87. The lowest BCUT2D eigenvalue weighted by molar-refractivity contribution is 0.600. The molecule has 0 aliphatic carbocycles. The maximum atomic E-state index is 13.4.